The average molecular weight is 591 g/mol. The van der Waals surface area contributed by atoms with Gasteiger partial charge in [-0.3, -0.25) is 9.59 Å². The van der Waals surface area contributed by atoms with Gasteiger partial charge in [-0.25, -0.2) is 0 Å². The van der Waals surface area contributed by atoms with Crippen molar-refractivity contribution in [3.05, 3.63) is 48.6 Å². The van der Waals surface area contributed by atoms with Crippen molar-refractivity contribution < 1.29 is 29.3 Å². The Hall–Kier alpha value is -2.18. The summed E-state index contributed by atoms with van der Waals surface area (Å²) in [4.78, 5) is 24.1. The Morgan fingerprint density at radius 2 is 1.40 bits per heavy atom. The van der Waals surface area contributed by atoms with E-state index in [1.807, 2.05) is 36.5 Å². The molecule has 6 heteroatoms. The van der Waals surface area contributed by atoms with Crippen molar-refractivity contribution in [3.63, 3.8) is 0 Å². The van der Waals surface area contributed by atoms with Crippen LogP contribution in [0.25, 0.3) is 0 Å². The summed E-state index contributed by atoms with van der Waals surface area (Å²) in [6.07, 6.45) is 32.0. The quantitative estimate of drug-likeness (QED) is 0.0410. The molecule has 2 atom stereocenters. The zero-order valence-electron chi connectivity index (χ0n) is 27.0. The first-order valence-corrected chi connectivity index (χ1v) is 16.7. The molecule has 0 aliphatic rings. The standard InChI is InChI=1S/C36H62O6/c1-4-5-6-7-10-16-21-26-33(38)27-22-17-12-9-14-19-24-29-36(40)42-34(30-37)31-41-35(39)28-23-18-13-8-11-15-20-25-32(2)3/h9-10,14,16-17,21-22,26,32-34,37-38H,4-8,11-13,15,18-20,23-25,27-31H2,1-3H3/b14-9+,16-10-,22-17-,26-21-/t33-,34-/m0/s1. The summed E-state index contributed by atoms with van der Waals surface area (Å²) in [5.74, 6) is 0.0752. The molecule has 42 heavy (non-hydrogen) atoms. The molecule has 0 amide bonds. The number of carbonyl (C=O) groups excluding carboxylic acids is 2. The lowest BCUT2D eigenvalue weighted by molar-refractivity contribution is -0.161. The van der Waals surface area contributed by atoms with Gasteiger partial charge in [-0.05, 0) is 50.9 Å². The first-order valence-electron chi connectivity index (χ1n) is 16.7. The van der Waals surface area contributed by atoms with Gasteiger partial charge in [0.1, 0.15) is 6.61 Å². The van der Waals surface area contributed by atoms with Gasteiger partial charge in [0.25, 0.3) is 0 Å². The largest absolute Gasteiger partial charge is 0.462 e. The number of esters is 2. The molecule has 0 heterocycles. The average Bonchev–Trinajstić information content (AvgIpc) is 2.96. The predicted octanol–water partition coefficient (Wildman–Crippen LogP) is 8.72. The van der Waals surface area contributed by atoms with E-state index in [0.29, 0.717) is 19.3 Å². The van der Waals surface area contributed by atoms with Crippen molar-refractivity contribution in [2.45, 2.75) is 149 Å². The van der Waals surface area contributed by atoms with E-state index in [2.05, 4.69) is 26.8 Å². The van der Waals surface area contributed by atoms with Crippen molar-refractivity contribution in [1.29, 1.82) is 0 Å². The third kappa shape index (κ3) is 29.3. The van der Waals surface area contributed by atoms with Crippen LogP contribution in [0.2, 0.25) is 0 Å². The molecule has 0 aromatic heterocycles. The zero-order chi connectivity index (χ0) is 31.1. The van der Waals surface area contributed by atoms with Crippen LogP contribution in [0.3, 0.4) is 0 Å². The van der Waals surface area contributed by atoms with Crippen molar-refractivity contribution in [2.24, 2.45) is 5.92 Å². The Morgan fingerprint density at radius 1 is 0.738 bits per heavy atom. The molecule has 242 valence electrons. The molecule has 0 aliphatic carbocycles. The number of aliphatic hydroxyl groups excluding tert-OH is 2. The third-order valence-electron chi connectivity index (χ3n) is 6.88. The summed E-state index contributed by atoms with van der Waals surface area (Å²) >= 11 is 0. The van der Waals surface area contributed by atoms with Crippen molar-refractivity contribution in [2.75, 3.05) is 13.2 Å². The van der Waals surface area contributed by atoms with Gasteiger partial charge in [0.05, 0.1) is 12.7 Å². The summed E-state index contributed by atoms with van der Waals surface area (Å²) in [7, 11) is 0. The lowest BCUT2D eigenvalue weighted by atomic mass is 10.0. The molecular weight excluding hydrogens is 528 g/mol. The van der Waals surface area contributed by atoms with E-state index >= 15 is 0 Å². The lowest BCUT2D eigenvalue weighted by Gasteiger charge is -2.15. The number of allylic oxidation sites excluding steroid dienone is 6. The van der Waals surface area contributed by atoms with Gasteiger partial charge in [-0.15, -0.1) is 0 Å². The summed E-state index contributed by atoms with van der Waals surface area (Å²) in [6.45, 7) is 6.24. The first kappa shape index (κ1) is 39.8. The summed E-state index contributed by atoms with van der Waals surface area (Å²) < 4.78 is 10.5. The fourth-order valence-corrected chi connectivity index (χ4v) is 4.28. The molecule has 6 nitrogen and oxygen atoms in total. The molecule has 0 radical (unpaired) electrons. The Labute approximate surface area is 257 Å². The van der Waals surface area contributed by atoms with Gasteiger partial charge >= 0.3 is 11.9 Å². The number of hydrogen-bond acceptors (Lipinski definition) is 6. The van der Waals surface area contributed by atoms with Crippen LogP contribution >= 0.6 is 0 Å². The van der Waals surface area contributed by atoms with Crippen LogP contribution in [0.5, 0.6) is 0 Å². The van der Waals surface area contributed by atoms with Gasteiger partial charge in [-0.1, -0.05) is 127 Å². The molecule has 0 aromatic rings. The van der Waals surface area contributed by atoms with E-state index in [-0.39, 0.29) is 25.6 Å². The second-order valence-electron chi connectivity index (χ2n) is 11.6. The van der Waals surface area contributed by atoms with E-state index < -0.39 is 18.2 Å². The van der Waals surface area contributed by atoms with E-state index in [4.69, 9.17) is 9.47 Å². The number of unbranched alkanes of at least 4 members (excludes halogenated alkanes) is 10. The summed E-state index contributed by atoms with van der Waals surface area (Å²) in [5, 5.41) is 19.5. The SMILES string of the molecule is CCCCC/C=C\C=C/[C@H](O)C/C=C\C/C=C/CCCC(=O)O[C@@H](CO)COC(=O)CCCCCCCCCC(C)C. The molecule has 0 aromatic carbocycles. The fraction of sp³-hybridized carbons (Fsp3) is 0.722. The minimum atomic E-state index is -0.819. The highest BCUT2D eigenvalue weighted by Gasteiger charge is 2.15. The van der Waals surface area contributed by atoms with E-state index in [1.165, 1.54) is 51.4 Å². The Kier molecular flexibility index (Phi) is 28.7. The topological polar surface area (TPSA) is 93.1 Å². The van der Waals surface area contributed by atoms with Crippen LogP contribution in [0.15, 0.2) is 48.6 Å². The minimum Gasteiger partial charge on any atom is -0.462 e. The maximum absolute atomic E-state index is 12.1. The molecule has 0 saturated carbocycles. The number of ether oxygens (including phenoxy) is 2. The van der Waals surface area contributed by atoms with Crippen LogP contribution in [-0.4, -0.2) is 47.6 Å². The predicted molar refractivity (Wildman–Crippen MR) is 174 cm³/mol. The van der Waals surface area contributed by atoms with Gasteiger partial charge in [0.2, 0.25) is 0 Å². The van der Waals surface area contributed by atoms with Crippen LogP contribution in [0.4, 0.5) is 0 Å². The maximum atomic E-state index is 12.1. The number of aliphatic hydroxyl groups is 2. The molecule has 0 saturated heterocycles. The van der Waals surface area contributed by atoms with Crippen LogP contribution in [0.1, 0.15) is 136 Å². The number of rotatable bonds is 28. The normalized spacial score (nSPS) is 13.7. The smallest absolute Gasteiger partial charge is 0.306 e. The lowest BCUT2D eigenvalue weighted by Crippen LogP contribution is -2.28. The van der Waals surface area contributed by atoms with Crippen LogP contribution in [-0.2, 0) is 19.1 Å². The van der Waals surface area contributed by atoms with Gasteiger partial charge in [0.15, 0.2) is 6.10 Å². The first-order chi connectivity index (χ1) is 20.4. The zero-order valence-corrected chi connectivity index (χ0v) is 27.0. The number of hydrogen-bond donors (Lipinski definition) is 2. The summed E-state index contributed by atoms with van der Waals surface area (Å²) in [5.41, 5.74) is 0. The highest BCUT2D eigenvalue weighted by Crippen LogP contribution is 2.13. The Morgan fingerprint density at radius 3 is 2.12 bits per heavy atom. The molecule has 0 fully saturated rings. The Balaban J connectivity index is 3.81. The second-order valence-corrected chi connectivity index (χ2v) is 11.6. The number of carbonyl (C=O) groups is 2. The molecule has 0 rings (SSSR count). The van der Waals surface area contributed by atoms with Gasteiger partial charge in [-0.2, -0.15) is 0 Å². The molecule has 2 N–H and O–H groups in total. The summed E-state index contributed by atoms with van der Waals surface area (Å²) in [6, 6.07) is 0. The third-order valence-corrected chi connectivity index (χ3v) is 6.88. The van der Waals surface area contributed by atoms with Crippen LogP contribution < -0.4 is 0 Å². The van der Waals surface area contributed by atoms with E-state index in [1.54, 1.807) is 6.08 Å². The minimum absolute atomic E-state index is 0.108. The molecule has 0 unspecified atom stereocenters. The Bertz CT molecular complexity index is 752. The van der Waals surface area contributed by atoms with E-state index in [9.17, 15) is 19.8 Å². The van der Waals surface area contributed by atoms with Crippen LogP contribution in [0, 0.1) is 5.92 Å². The van der Waals surface area contributed by atoms with E-state index in [0.717, 1.165) is 44.4 Å². The molecule has 0 aliphatic heterocycles. The second kappa shape index (κ2) is 30.3. The van der Waals surface area contributed by atoms with Crippen molar-refractivity contribution in [1.82, 2.24) is 0 Å². The van der Waals surface area contributed by atoms with Crippen molar-refractivity contribution >= 4 is 11.9 Å². The highest BCUT2D eigenvalue weighted by atomic mass is 16.6. The van der Waals surface area contributed by atoms with Gasteiger partial charge in [0, 0.05) is 12.8 Å². The highest BCUT2D eigenvalue weighted by molar-refractivity contribution is 5.70. The maximum Gasteiger partial charge on any atom is 0.306 e. The van der Waals surface area contributed by atoms with Gasteiger partial charge < -0.3 is 19.7 Å². The molecule has 0 spiro atoms. The monoisotopic (exact) mass is 590 g/mol. The van der Waals surface area contributed by atoms with Crippen molar-refractivity contribution in [3.8, 4) is 0 Å². The molecular formula is C36H62O6. The molecule has 0 bridgehead atoms. The fourth-order valence-electron chi connectivity index (χ4n) is 4.28.